The molecule has 2 aromatic rings. The van der Waals surface area contributed by atoms with Gasteiger partial charge in [0, 0.05) is 51.5 Å². The Morgan fingerprint density at radius 1 is 0.633 bits per heavy atom. The molecule has 3 rings (SSSR count). The van der Waals surface area contributed by atoms with E-state index in [2.05, 4.69) is 107 Å². The van der Waals surface area contributed by atoms with Crippen molar-refractivity contribution in [2.24, 2.45) is 9.98 Å². The molecule has 279 valence electrons. The van der Waals surface area contributed by atoms with Crippen molar-refractivity contribution in [2.45, 2.75) is 148 Å². The van der Waals surface area contributed by atoms with Crippen LogP contribution < -0.4 is 0 Å². The van der Waals surface area contributed by atoms with Gasteiger partial charge in [-0.1, -0.05) is 108 Å². The van der Waals surface area contributed by atoms with Gasteiger partial charge < -0.3 is 10.2 Å². The molecule has 7 nitrogen and oxygen atoms in total. The number of rotatable bonds is 4. The third-order valence-electron chi connectivity index (χ3n) is 8.42. The summed E-state index contributed by atoms with van der Waals surface area (Å²) in [7, 11) is -5.84. The molecule has 49 heavy (non-hydrogen) atoms. The van der Waals surface area contributed by atoms with Crippen LogP contribution in [0.4, 0.5) is 13.2 Å². The zero-order chi connectivity index (χ0) is 37.3. The second kappa shape index (κ2) is 15.9. The van der Waals surface area contributed by atoms with E-state index >= 15 is 0 Å². The van der Waals surface area contributed by atoms with Gasteiger partial charge in [0.15, 0.2) is 0 Å². The fourth-order valence-corrected chi connectivity index (χ4v) is 5.31. The molecule has 2 atom stereocenters. The van der Waals surface area contributed by atoms with Crippen molar-refractivity contribution in [2.75, 3.05) is 0 Å². The Labute approximate surface area is 301 Å². The predicted molar refractivity (Wildman–Crippen MR) is 190 cm³/mol. The minimum absolute atomic E-state index is 0. The molecule has 0 amide bonds. The Morgan fingerprint density at radius 3 is 1.14 bits per heavy atom. The van der Waals surface area contributed by atoms with Crippen LogP contribution >= 0.6 is 0 Å². The van der Waals surface area contributed by atoms with Crippen LogP contribution in [0.2, 0.25) is 0 Å². The van der Waals surface area contributed by atoms with Gasteiger partial charge in [-0.2, -0.15) is 21.6 Å². The molecule has 1 saturated carbocycles. The van der Waals surface area contributed by atoms with E-state index in [9.17, 15) is 23.4 Å². The van der Waals surface area contributed by atoms with Gasteiger partial charge in [-0.05, 0) is 57.8 Å². The standard InChI is InChI=1S/C36H54N2O2.CHF3O3S.Co/c1-33(2,3)25-17-23(31(39)27(19-25)35(7,8)9)21-37-29-15-13-14-16-30(29)38-22-24-18-26(34(4,5)6)20-28(32(24)40)36(10,11)12;2-1(3,4)8(5,6)7;/h17-22,29-30,39-40H,13-16H2,1-12H3;(H,5,6,7);/t29-,30-;;/m1../s1. The van der Waals surface area contributed by atoms with Crippen molar-refractivity contribution in [1.82, 2.24) is 0 Å². The number of aromatic hydroxyl groups is 2. The average molecular weight is 756 g/mol. The SMILES string of the molecule is CC(C)(C)c1cc(C=N[C@@H]2CCCC[C@H]2N=Cc2cc(C(C)(C)C)cc(C(C)(C)C)c2O)c(O)c(C(C)(C)C)c1.O=S(=O)(O)C(F)(F)F.[Co]. The Bertz CT molecular complexity index is 1510. The van der Waals surface area contributed by atoms with Crippen molar-refractivity contribution in [3.05, 3.63) is 57.6 Å². The van der Waals surface area contributed by atoms with Crippen molar-refractivity contribution in [1.29, 1.82) is 0 Å². The van der Waals surface area contributed by atoms with Gasteiger partial charge in [0.2, 0.25) is 0 Å². The Kier molecular flexibility index (Phi) is 14.4. The van der Waals surface area contributed by atoms with Crippen LogP contribution in [0.25, 0.3) is 0 Å². The first-order valence-electron chi connectivity index (χ1n) is 16.3. The van der Waals surface area contributed by atoms with Gasteiger partial charge in [0.1, 0.15) is 11.5 Å². The van der Waals surface area contributed by atoms with Crippen LogP contribution in [-0.4, -0.2) is 53.2 Å². The van der Waals surface area contributed by atoms with E-state index in [1.165, 1.54) is 11.1 Å². The van der Waals surface area contributed by atoms with E-state index in [0.29, 0.717) is 11.5 Å². The fraction of sp³-hybridized carbons (Fsp3) is 0.622. The molecule has 0 unspecified atom stereocenters. The number of phenols is 2. The smallest absolute Gasteiger partial charge is 0.507 e. The number of halogens is 3. The third kappa shape index (κ3) is 12.4. The van der Waals surface area contributed by atoms with Crippen LogP contribution in [0.5, 0.6) is 11.5 Å². The summed E-state index contributed by atoms with van der Waals surface area (Å²) >= 11 is 0. The number of alkyl halides is 3. The normalized spacial score (nSPS) is 18.3. The zero-order valence-electron chi connectivity index (χ0n) is 30.9. The first-order chi connectivity index (χ1) is 21.4. The van der Waals surface area contributed by atoms with Crippen molar-refractivity contribution in [3.8, 4) is 11.5 Å². The fourth-order valence-electron chi connectivity index (χ4n) is 5.31. The molecule has 1 radical (unpaired) electrons. The molecule has 0 heterocycles. The number of nitrogens with zero attached hydrogens (tertiary/aromatic N) is 2. The molecule has 1 fully saturated rings. The van der Waals surface area contributed by atoms with Crippen molar-refractivity contribution >= 4 is 22.5 Å². The number of phenolic OH excluding ortho intramolecular Hbond substituents is 2. The molecular weight excluding hydrogens is 700 g/mol. The van der Waals surface area contributed by atoms with Crippen LogP contribution in [0, 0.1) is 0 Å². The van der Waals surface area contributed by atoms with E-state index < -0.39 is 15.6 Å². The van der Waals surface area contributed by atoms with E-state index in [-0.39, 0.29) is 50.5 Å². The minimum Gasteiger partial charge on any atom is -0.507 e. The summed E-state index contributed by atoms with van der Waals surface area (Å²) in [6, 6.07) is 8.53. The first-order valence-corrected chi connectivity index (χ1v) is 17.7. The third-order valence-corrected chi connectivity index (χ3v) is 9.01. The van der Waals surface area contributed by atoms with Crippen LogP contribution in [0.1, 0.15) is 142 Å². The second-order valence-electron chi connectivity index (χ2n) is 16.8. The topological polar surface area (TPSA) is 120 Å². The molecule has 3 N–H and O–H groups in total. The van der Waals surface area contributed by atoms with Gasteiger partial charge in [-0.25, -0.2) is 0 Å². The quantitative estimate of drug-likeness (QED) is 0.163. The molecule has 0 saturated heterocycles. The van der Waals surface area contributed by atoms with E-state index in [4.69, 9.17) is 23.0 Å². The summed E-state index contributed by atoms with van der Waals surface area (Å²) in [5, 5.41) is 22.5. The van der Waals surface area contributed by atoms with Crippen LogP contribution in [-0.2, 0) is 48.6 Å². The largest absolute Gasteiger partial charge is 0.522 e. The summed E-state index contributed by atoms with van der Waals surface area (Å²) in [5.74, 6) is 0.637. The minimum atomic E-state index is -5.84. The first kappa shape index (κ1) is 44.6. The monoisotopic (exact) mass is 755 g/mol. The van der Waals surface area contributed by atoms with E-state index in [1.807, 2.05) is 12.4 Å². The molecule has 0 aliphatic heterocycles. The van der Waals surface area contributed by atoms with Gasteiger partial charge in [-0.15, -0.1) is 0 Å². The Hall–Kier alpha value is -2.41. The van der Waals surface area contributed by atoms with Crippen LogP contribution in [0.15, 0.2) is 34.3 Å². The van der Waals surface area contributed by atoms with Gasteiger partial charge >= 0.3 is 15.6 Å². The molecule has 2 aromatic carbocycles. The maximum Gasteiger partial charge on any atom is 0.522 e. The maximum absolute atomic E-state index is 11.2. The summed E-state index contributed by atoms with van der Waals surface area (Å²) in [5.41, 5.74) is -0.140. The van der Waals surface area contributed by atoms with Gasteiger partial charge in [-0.3, -0.25) is 14.5 Å². The van der Waals surface area contributed by atoms with Gasteiger partial charge in [0.05, 0.1) is 12.1 Å². The molecule has 1 aliphatic rings. The van der Waals surface area contributed by atoms with Gasteiger partial charge in [0.25, 0.3) is 0 Å². The molecule has 12 heteroatoms. The maximum atomic E-state index is 11.2. The number of benzene rings is 2. The average Bonchev–Trinajstić information content (AvgIpc) is 2.89. The molecular formula is C37H55CoF3N2O5S. The summed E-state index contributed by atoms with van der Waals surface area (Å²) in [6.07, 6.45) is 7.90. The van der Waals surface area contributed by atoms with E-state index in [1.54, 1.807) is 0 Å². The molecule has 0 aromatic heterocycles. The summed E-state index contributed by atoms with van der Waals surface area (Å²) in [4.78, 5) is 10.1. The van der Waals surface area contributed by atoms with Crippen LogP contribution in [0.3, 0.4) is 0 Å². The number of aliphatic imine (C=N–C) groups is 2. The molecule has 1 aliphatic carbocycles. The summed E-state index contributed by atoms with van der Waals surface area (Å²) in [6.45, 7) is 26.0. The number of hydrogen-bond donors (Lipinski definition) is 3. The Morgan fingerprint density at radius 2 is 0.918 bits per heavy atom. The Balaban J connectivity index is 0.00000119. The number of hydrogen-bond acceptors (Lipinski definition) is 6. The van der Waals surface area contributed by atoms with E-state index in [0.717, 1.165) is 47.9 Å². The predicted octanol–water partition coefficient (Wildman–Crippen LogP) is 9.53. The molecule has 0 spiro atoms. The summed E-state index contributed by atoms with van der Waals surface area (Å²) < 4.78 is 57.5. The zero-order valence-corrected chi connectivity index (χ0v) is 32.7. The van der Waals surface area contributed by atoms with Crippen molar-refractivity contribution < 1.29 is 53.1 Å². The van der Waals surface area contributed by atoms with Crippen molar-refractivity contribution in [3.63, 3.8) is 0 Å². The molecule has 0 bridgehead atoms. The second-order valence-corrected chi connectivity index (χ2v) is 18.2.